The van der Waals surface area contributed by atoms with Gasteiger partial charge in [-0.2, -0.15) is 0 Å². The maximum atomic E-state index is 13.7. The Kier molecular flexibility index (Phi) is 6.88. The molecular formula is C25H26ClN3O5. The predicted molar refractivity (Wildman–Crippen MR) is 126 cm³/mol. The summed E-state index contributed by atoms with van der Waals surface area (Å²) in [4.78, 5) is 42.1. The number of para-hydroxylation sites is 1. The molecule has 34 heavy (non-hydrogen) atoms. The summed E-state index contributed by atoms with van der Waals surface area (Å²) in [6.07, 6.45) is 0.520. The second-order valence-electron chi connectivity index (χ2n) is 8.46. The molecule has 1 aliphatic rings. The van der Waals surface area contributed by atoms with E-state index in [1.165, 1.54) is 4.90 Å². The number of benzene rings is 2. The van der Waals surface area contributed by atoms with E-state index in [1.54, 1.807) is 49.1 Å². The molecular weight excluding hydrogens is 458 g/mol. The minimum Gasteiger partial charge on any atom is -0.465 e. The minimum absolute atomic E-state index is 0.0228. The lowest BCUT2D eigenvalue weighted by Gasteiger charge is -2.50. The molecule has 4 rings (SSSR count). The molecule has 0 aliphatic carbocycles. The second-order valence-corrected chi connectivity index (χ2v) is 8.90. The van der Waals surface area contributed by atoms with Crippen molar-refractivity contribution in [1.82, 2.24) is 15.0 Å². The highest BCUT2D eigenvalue weighted by Gasteiger charge is 2.51. The van der Waals surface area contributed by atoms with Crippen molar-refractivity contribution in [3.05, 3.63) is 64.8 Å². The van der Waals surface area contributed by atoms with E-state index in [0.717, 1.165) is 10.9 Å². The van der Waals surface area contributed by atoms with Crippen LogP contribution in [0.3, 0.4) is 0 Å². The zero-order valence-electron chi connectivity index (χ0n) is 19.1. The highest BCUT2D eigenvalue weighted by atomic mass is 35.5. The van der Waals surface area contributed by atoms with Crippen molar-refractivity contribution in [2.24, 2.45) is 0 Å². The van der Waals surface area contributed by atoms with Crippen molar-refractivity contribution in [2.75, 3.05) is 19.7 Å². The Morgan fingerprint density at radius 3 is 2.59 bits per heavy atom. The van der Waals surface area contributed by atoms with Crippen LogP contribution in [-0.2, 0) is 32.1 Å². The Labute approximate surface area is 202 Å². The summed E-state index contributed by atoms with van der Waals surface area (Å²) < 4.78 is 10.4. The molecule has 1 atom stereocenters. The number of fused-ring (bicyclic) bond motifs is 1. The van der Waals surface area contributed by atoms with Crippen LogP contribution in [0.15, 0.2) is 53.1 Å². The Morgan fingerprint density at radius 1 is 1.18 bits per heavy atom. The number of carbonyl (C=O) groups is 3. The summed E-state index contributed by atoms with van der Waals surface area (Å²) >= 11 is 5.98. The summed E-state index contributed by atoms with van der Waals surface area (Å²) in [5.74, 6) is -1.02. The zero-order chi connectivity index (χ0) is 24.3. The quantitative estimate of drug-likeness (QED) is 0.454. The molecule has 9 heteroatoms. The Balaban J connectivity index is 1.52. The van der Waals surface area contributed by atoms with Gasteiger partial charge in [0.25, 0.3) is 0 Å². The van der Waals surface area contributed by atoms with Gasteiger partial charge in [0, 0.05) is 23.5 Å². The molecule has 1 aliphatic heterocycles. The van der Waals surface area contributed by atoms with E-state index < -0.39 is 11.5 Å². The van der Waals surface area contributed by atoms with Crippen LogP contribution in [0, 0.1) is 0 Å². The molecule has 2 heterocycles. The molecule has 1 fully saturated rings. The smallest absolute Gasteiger partial charge is 0.325 e. The summed E-state index contributed by atoms with van der Waals surface area (Å²) in [6, 6.07) is 14.4. The number of nitrogens with zero attached hydrogens (tertiary/aromatic N) is 3. The van der Waals surface area contributed by atoms with E-state index in [9.17, 15) is 14.4 Å². The molecule has 8 nitrogen and oxygen atoms in total. The van der Waals surface area contributed by atoms with Gasteiger partial charge in [-0.1, -0.05) is 41.0 Å². The van der Waals surface area contributed by atoms with Gasteiger partial charge in [-0.3, -0.25) is 14.4 Å². The standard InChI is InChI=1S/C25H26ClN3O5/c1-3-33-23(31)16-28(15-17-8-10-18(26)11-9-17)24(32)25(2)12-13-29(25)22(30)14-20-19-6-4-5-7-21(19)34-27-20/h4-11H,3,12-16H2,1-2H3. The van der Waals surface area contributed by atoms with E-state index in [1.807, 2.05) is 18.2 Å². The highest BCUT2D eigenvalue weighted by Crippen LogP contribution is 2.34. The van der Waals surface area contributed by atoms with Gasteiger partial charge in [0.1, 0.15) is 17.8 Å². The summed E-state index contributed by atoms with van der Waals surface area (Å²) in [5, 5.41) is 5.39. The van der Waals surface area contributed by atoms with Gasteiger partial charge in [-0.15, -0.1) is 0 Å². The SMILES string of the molecule is CCOC(=O)CN(Cc1ccc(Cl)cc1)C(=O)C1(C)CCN1C(=O)Cc1noc2ccccc12. The van der Waals surface area contributed by atoms with Crippen LogP contribution in [0.1, 0.15) is 31.5 Å². The number of halogens is 1. The molecule has 1 aromatic heterocycles. The number of aromatic nitrogens is 1. The highest BCUT2D eigenvalue weighted by molar-refractivity contribution is 6.30. The van der Waals surface area contributed by atoms with Crippen LogP contribution in [0.4, 0.5) is 0 Å². The third-order valence-electron chi connectivity index (χ3n) is 6.15. The summed E-state index contributed by atoms with van der Waals surface area (Å²) in [7, 11) is 0. The first-order valence-corrected chi connectivity index (χ1v) is 11.5. The predicted octanol–water partition coefficient (Wildman–Crippen LogP) is 3.61. The average molecular weight is 484 g/mol. The minimum atomic E-state index is -1.06. The number of likely N-dealkylation sites (tertiary alicyclic amines) is 1. The van der Waals surface area contributed by atoms with Crippen LogP contribution in [0.5, 0.6) is 0 Å². The Hall–Kier alpha value is -3.39. The third kappa shape index (κ3) is 4.77. The first-order chi connectivity index (χ1) is 16.3. The van der Waals surface area contributed by atoms with E-state index >= 15 is 0 Å². The van der Waals surface area contributed by atoms with Crippen LogP contribution >= 0.6 is 11.6 Å². The van der Waals surface area contributed by atoms with E-state index in [2.05, 4.69) is 5.16 Å². The molecule has 178 valence electrons. The third-order valence-corrected chi connectivity index (χ3v) is 6.40. The molecule has 0 radical (unpaired) electrons. The van der Waals surface area contributed by atoms with Gasteiger partial charge in [0.15, 0.2) is 5.58 Å². The molecule has 0 N–H and O–H groups in total. The molecule has 0 spiro atoms. The lowest BCUT2D eigenvalue weighted by atomic mass is 9.84. The fourth-order valence-corrected chi connectivity index (χ4v) is 4.32. The number of esters is 1. The van der Waals surface area contributed by atoms with Gasteiger partial charge >= 0.3 is 5.97 Å². The lowest BCUT2D eigenvalue weighted by molar-refractivity contribution is -0.166. The van der Waals surface area contributed by atoms with Gasteiger partial charge in [-0.05, 0) is 50.1 Å². The van der Waals surface area contributed by atoms with E-state index in [0.29, 0.717) is 29.3 Å². The number of carbonyl (C=O) groups excluding carboxylic acids is 3. The molecule has 2 aromatic carbocycles. The summed E-state index contributed by atoms with van der Waals surface area (Å²) in [6.45, 7) is 4.10. The largest absolute Gasteiger partial charge is 0.465 e. The molecule has 0 saturated carbocycles. The normalized spacial score (nSPS) is 17.3. The van der Waals surface area contributed by atoms with Crippen LogP contribution in [-0.4, -0.2) is 58.0 Å². The average Bonchev–Trinajstić information content (AvgIpc) is 3.21. The maximum absolute atomic E-state index is 13.7. The van der Waals surface area contributed by atoms with Crippen molar-refractivity contribution in [1.29, 1.82) is 0 Å². The van der Waals surface area contributed by atoms with Crippen LogP contribution in [0.2, 0.25) is 5.02 Å². The van der Waals surface area contributed by atoms with Gasteiger partial charge < -0.3 is 19.1 Å². The lowest BCUT2D eigenvalue weighted by Crippen LogP contribution is -2.68. The number of hydrogen-bond acceptors (Lipinski definition) is 6. The molecule has 2 amide bonds. The molecule has 1 unspecified atom stereocenters. The number of amides is 2. The van der Waals surface area contributed by atoms with Crippen molar-refractivity contribution in [3.63, 3.8) is 0 Å². The zero-order valence-corrected chi connectivity index (χ0v) is 19.9. The van der Waals surface area contributed by atoms with Crippen molar-refractivity contribution in [3.8, 4) is 0 Å². The van der Waals surface area contributed by atoms with E-state index in [-0.39, 0.29) is 37.9 Å². The Morgan fingerprint density at radius 2 is 1.91 bits per heavy atom. The Bertz CT molecular complexity index is 1210. The fraction of sp³-hybridized carbons (Fsp3) is 0.360. The second kappa shape index (κ2) is 9.85. The van der Waals surface area contributed by atoms with E-state index in [4.69, 9.17) is 20.9 Å². The van der Waals surface area contributed by atoms with Crippen molar-refractivity contribution < 1.29 is 23.6 Å². The first kappa shape index (κ1) is 23.8. The van der Waals surface area contributed by atoms with Crippen LogP contribution < -0.4 is 0 Å². The van der Waals surface area contributed by atoms with Gasteiger partial charge in [0.2, 0.25) is 11.8 Å². The number of ether oxygens (including phenoxy) is 1. The fourth-order valence-electron chi connectivity index (χ4n) is 4.20. The van der Waals surface area contributed by atoms with Crippen LogP contribution in [0.25, 0.3) is 11.0 Å². The monoisotopic (exact) mass is 483 g/mol. The number of hydrogen-bond donors (Lipinski definition) is 0. The topological polar surface area (TPSA) is 93.0 Å². The molecule has 1 saturated heterocycles. The molecule has 0 bridgehead atoms. The summed E-state index contributed by atoms with van der Waals surface area (Å²) in [5.41, 5.74) is 0.898. The number of rotatable bonds is 8. The van der Waals surface area contributed by atoms with Crippen molar-refractivity contribution in [2.45, 2.75) is 38.8 Å². The first-order valence-electron chi connectivity index (χ1n) is 11.1. The molecule has 3 aromatic rings. The van der Waals surface area contributed by atoms with Gasteiger partial charge in [0.05, 0.1) is 13.0 Å². The van der Waals surface area contributed by atoms with Gasteiger partial charge in [-0.25, -0.2) is 0 Å². The van der Waals surface area contributed by atoms with Crippen molar-refractivity contribution >= 4 is 40.4 Å². The maximum Gasteiger partial charge on any atom is 0.325 e.